The quantitative estimate of drug-likeness (QED) is 0.543. The number of aryl methyl sites for hydroxylation is 1. The average molecular weight is 242 g/mol. The molecule has 0 fully saturated rings. The van der Waals surface area contributed by atoms with Crippen LogP contribution in [0.4, 0.5) is 0 Å². The van der Waals surface area contributed by atoms with Crippen LogP contribution in [0.5, 0.6) is 0 Å². The first-order chi connectivity index (χ1) is 7.81. The van der Waals surface area contributed by atoms with E-state index in [1.165, 1.54) is 5.56 Å². The maximum Gasteiger partial charge on any atom is 0.0738 e. The zero-order valence-corrected chi connectivity index (χ0v) is 10.9. The molecule has 0 aromatic carbocycles. The zero-order chi connectivity index (χ0) is 11.8. The van der Waals surface area contributed by atoms with Gasteiger partial charge in [0, 0.05) is 12.6 Å². The SMILES string of the molecule is CCOC(CC)C(CCc1ccsc1)NN. The Kier molecular flexibility index (Phi) is 6.64. The molecule has 0 spiro atoms. The van der Waals surface area contributed by atoms with Crippen molar-refractivity contribution < 1.29 is 4.74 Å². The molecule has 0 aliphatic carbocycles. The van der Waals surface area contributed by atoms with Crippen LogP contribution in [0, 0.1) is 0 Å². The van der Waals surface area contributed by atoms with Crippen LogP contribution in [0.25, 0.3) is 0 Å². The monoisotopic (exact) mass is 242 g/mol. The van der Waals surface area contributed by atoms with Gasteiger partial charge in [0.2, 0.25) is 0 Å². The zero-order valence-electron chi connectivity index (χ0n) is 10.1. The second-order valence-corrected chi connectivity index (χ2v) is 4.63. The fraction of sp³-hybridized carbons (Fsp3) is 0.667. The predicted molar refractivity (Wildman–Crippen MR) is 69.5 cm³/mol. The van der Waals surface area contributed by atoms with E-state index in [1.54, 1.807) is 11.3 Å². The second-order valence-electron chi connectivity index (χ2n) is 3.85. The number of nitrogens with two attached hydrogens (primary N) is 1. The van der Waals surface area contributed by atoms with Crippen LogP contribution >= 0.6 is 11.3 Å². The van der Waals surface area contributed by atoms with Crippen molar-refractivity contribution in [2.45, 2.75) is 45.3 Å². The summed E-state index contributed by atoms with van der Waals surface area (Å²) in [6.07, 6.45) is 3.29. The van der Waals surface area contributed by atoms with Gasteiger partial charge in [0.15, 0.2) is 0 Å². The lowest BCUT2D eigenvalue weighted by molar-refractivity contribution is 0.0297. The Labute approximate surface area is 102 Å². The van der Waals surface area contributed by atoms with Gasteiger partial charge in [-0.1, -0.05) is 6.92 Å². The molecule has 0 radical (unpaired) electrons. The van der Waals surface area contributed by atoms with Gasteiger partial charge < -0.3 is 4.74 Å². The number of nitrogens with one attached hydrogen (secondary N) is 1. The highest BCUT2D eigenvalue weighted by Crippen LogP contribution is 2.13. The molecule has 3 N–H and O–H groups in total. The highest BCUT2D eigenvalue weighted by atomic mass is 32.1. The summed E-state index contributed by atoms with van der Waals surface area (Å²) in [4.78, 5) is 0. The van der Waals surface area contributed by atoms with Crippen molar-refractivity contribution in [3.8, 4) is 0 Å². The van der Waals surface area contributed by atoms with Crippen molar-refractivity contribution in [3.05, 3.63) is 22.4 Å². The molecule has 0 aliphatic heterocycles. The van der Waals surface area contributed by atoms with Crippen molar-refractivity contribution >= 4 is 11.3 Å². The molecule has 2 unspecified atom stereocenters. The van der Waals surface area contributed by atoms with Crippen LogP contribution in [-0.2, 0) is 11.2 Å². The third-order valence-electron chi connectivity index (χ3n) is 2.77. The summed E-state index contributed by atoms with van der Waals surface area (Å²) < 4.78 is 5.67. The summed E-state index contributed by atoms with van der Waals surface area (Å²) in [7, 11) is 0. The van der Waals surface area contributed by atoms with E-state index in [-0.39, 0.29) is 12.1 Å². The Morgan fingerprint density at radius 2 is 2.31 bits per heavy atom. The molecule has 92 valence electrons. The molecule has 0 saturated heterocycles. The number of hydrogen-bond acceptors (Lipinski definition) is 4. The second kappa shape index (κ2) is 7.79. The molecule has 0 bridgehead atoms. The Morgan fingerprint density at radius 3 is 2.81 bits per heavy atom. The fourth-order valence-corrected chi connectivity index (χ4v) is 2.57. The van der Waals surface area contributed by atoms with Crippen LogP contribution in [0.15, 0.2) is 16.8 Å². The molecule has 1 heterocycles. The molecule has 16 heavy (non-hydrogen) atoms. The summed E-state index contributed by atoms with van der Waals surface area (Å²) in [6.45, 7) is 4.90. The predicted octanol–water partition coefficient (Wildman–Crippen LogP) is 2.33. The van der Waals surface area contributed by atoms with Gasteiger partial charge in [-0.3, -0.25) is 11.3 Å². The van der Waals surface area contributed by atoms with Gasteiger partial charge >= 0.3 is 0 Å². The molecule has 1 rings (SSSR count). The summed E-state index contributed by atoms with van der Waals surface area (Å²) in [6, 6.07) is 2.41. The van der Waals surface area contributed by atoms with E-state index >= 15 is 0 Å². The van der Waals surface area contributed by atoms with Gasteiger partial charge in [0.1, 0.15) is 0 Å². The first-order valence-corrected chi connectivity index (χ1v) is 6.84. The largest absolute Gasteiger partial charge is 0.377 e. The first-order valence-electron chi connectivity index (χ1n) is 5.90. The Balaban J connectivity index is 2.40. The molecular formula is C12H22N2OS. The summed E-state index contributed by atoms with van der Waals surface area (Å²) in [5.41, 5.74) is 4.26. The van der Waals surface area contributed by atoms with E-state index in [2.05, 4.69) is 29.2 Å². The molecule has 4 heteroatoms. The standard InChI is InChI=1S/C12H22N2OS/c1-3-12(15-4-2)11(14-13)6-5-10-7-8-16-9-10/h7-9,11-12,14H,3-6,13H2,1-2H3. The number of hydrogen-bond donors (Lipinski definition) is 2. The summed E-state index contributed by atoms with van der Waals surface area (Å²) in [5.74, 6) is 5.59. The van der Waals surface area contributed by atoms with Crippen LogP contribution in [-0.4, -0.2) is 18.8 Å². The number of hydrazine groups is 1. The van der Waals surface area contributed by atoms with Crippen LogP contribution < -0.4 is 11.3 Å². The molecule has 1 aromatic rings. The van der Waals surface area contributed by atoms with E-state index < -0.39 is 0 Å². The van der Waals surface area contributed by atoms with Gasteiger partial charge in [0.25, 0.3) is 0 Å². The van der Waals surface area contributed by atoms with Crippen LogP contribution in [0.3, 0.4) is 0 Å². The molecule has 0 saturated carbocycles. The molecule has 0 aliphatic rings. The number of thiophene rings is 1. The van der Waals surface area contributed by atoms with E-state index in [1.807, 2.05) is 6.92 Å². The van der Waals surface area contributed by atoms with Crippen molar-refractivity contribution in [3.63, 3.8) is 0 Å². The van der Waals surface area contributed by atoms with E-state index in [4.69, 9.17) is 10.6 Å². The van der Waals surface area contributed by atoms with Gasteiger partial charge in [0.05, 0.1) is 6.10 Å². The minimum Gasteiger partial charge on any atom is -0.377 e. The maximum absolute atomic E-state index is 5.67. The normalized spacial score (nSPS) is 14.9. The van der Waals surface area contributed by atoms with Crippen LogP contribution in [0.2, 0.25) is 0 Å². The summed E-state index contributed by atoms with van der Waals surface area (Å²) >= 11 is 1.74. The van der Waals surface area contributed by atoms with Crippen LogP contribution in [0.1, 0.15) is 32.3 Å². The highest BCUT2D eigenvalue weighted by Gasteiger charge is 2.18. The lowest BCUT2D eigenvalue weighted by Gasteiger charge is -2.25. The Bertz CT molecular complexity index is 264. The maximum atomic E-state index is 5.67. The minimum atomic E-state index is 0.216. The Hall–Kier alpha value is -0.420. The molecule has 3 nitrogen and oxygen atoms in total. The third-order valence-corrected chi connectivity index (χ3v) is 3.50. The third kappa shape index (κ3) is 4.22. The number of ether oxygens (including phenoxy) is 1. The van der Waals surface area contributed by atoms with E-state index in [9.17, 15) is 0 Å². The van der Waals surface area contributed by atoms with Gasteiger partial charge in [-0.05, 0) is 48.6 Å². The first kappa shape index (κ1) is 13.6. The van der Waals surface area contributed by atoms with Gasteiger partial charge in [-0.25, -0.2) is 0 Å². The topological polar surface area (TPSA) is 47.3 Å². The smallest absolute Gasteiger partial charge is 0.0738 e. The molecule has 2 atom stereocenters. The average Bonchev–Trinajstić information content (AvgIpc) is 2.81. The van der Waals surface area contributed by atoms with Crippen molar-refractivity contribution in [2.75, 3.05) is 6.61 Å². The minimum absolute atomic E-state index is 0.216. The lowest BCUT2D eigenvalue weighted by atomic mass is 10.0. The van der Waals surface area contributed by atoms with E-state index in [0.29, 0.717) is 0 Å². The van der Waals surface area contributed by atoms with Crippen molar-refractivity contribution in [2.24, 2.45) is 5.84 Å². The van der Waals surface area contributed by atoms with E-state index in [0.717, 1.165) is 25.9 Å². The lowest BCUT2D eigenvalue weighted by Crippen LogP contribution is -2.45. The molecular weight excluding hydrogens is 220 g/mol. The molecule has 0 amide bonds. The Morgan fingerprint density at radius 1 is 1.50 bits per heavy atom. The summed E-state index contributed by atoms with van der Waals surface area (Å²) in [5, 5.41) is 4.30. The molecule has 1 aromatic heterocycles. The fourth-order valence-electron chi connectivity index (χ4n) is 1.87. The van der Waals surface area contributed by atoms with Gasteiger partial charge in [-0.15, -0.1) is 0 Å². The number of rotatable bonds is 8. The van der Waals surface area contributed by atoms with Crippen molar-refractivity contribution in [1.82, 2.24) is 5.43 Å². The highest BCUT2D eigenvalue weighted by molar-refractivity contribution is 7.07. The van der Waals surface area contributed by atoms with Crippen molar-refractivity contribution in [1.29, 1.82) is 0 Å². The van der Waals surface area contributed by atoms with Gasteiger partial charge in [-0.2, -0.15) is 11.3 Å².